The highest BCUT2D eigenvalue weighted by atomic mass is 31.2. The normalized spacial score (nSPS) is 14.5. The zero-order valence-electron chi connectivity index (χ0n) is 64.8. The van der Waals surface area contributed by atoms with Crippen LogP contribution in [0.2, 0.25) is 0 Å². The predicted molar refractivity (Wildman–Crippen MR) is 405 cm³/mol. The molecule has 4 unspecified atom stereocenters. The number of rotatable bonds is 79. The van der Waals surface area contributed by atoms with Gasteiger partial charge in [-0.15, -0.1) is 0 Å². The molecule has 0 bridgehead atoms. The van der Waals surface area contributed by atoms with Crippen molar-refractivity contribution in [3.63, 3.8) is 0 Å². The van der Waals surface area contributed by atoms with E-state index in [0.29, 0.717) is 25.7 Å². The molecule has 0 aromatic carbocycles. The van der Waals surface area contributed by atoms with Crippen LogP contribution in [0.1, 0.15) is 420 Å². The predicted octanol–water partition coefficient (Wildman–Crippen LogP) is 23.9. The van der Waals surface area contributed by atoms with Gasteiger partial charge in [-0.05, 0) is 37.5 Å². The maximum Gasteiger partial charge on any atom is 0.472 e. The minimum Gasteiger partial charge on any atom is -0.462 e. The molecule has 0 rings (SSSR count). The number of ether oxygens (including phenoxy) is 4. The molecule has 17 nitrogen and oxygen atoms in total. The lowest BCUT2D eigenvalue weighted by Gasteiger charge is -2.21. The van der Waals surface area contributed by atoms with Gasteiger partial charge in [0.1, 0.15) is 19.3 Å². The summed E-state index contributed by atoms with van der Waals surface area (Å²) in [5, 5.41) is 10.6. The minimum atomic E-state index is -4.96. The number of unbranched alkanes of at least 4 members (excludes halogenated alkanes) is 47. The monoisotopic (exact) mass is 1450 g/mol. The van der Waals surface area contributed by atoms with Crippen LogP contribution in [-0.2, 0) is 65.4 Å². The lowest BCUT2D eigenvalue weighted by molar-refractivity contribution is -0.161. The van der Waals surface area contributed by atoms with E-state index in [-0.39, 0.29) is 25.7 Å². The third-order valence-electron chi connectivity index (χ3n) is 19.4. The van der Waals surface area contributed by atoms with E-state index >= 15 is 0 Å². The standard InChI is InChI=1S/C80H156O17P2/c1-7-11-13-15-17-19-21-23-25-27-29-31-33-35-40-44-52-58-64-79(84)96-75(68-90-77(82)62-56-50-43-39-34-32-30-28-26-24-22-20-18-16-14-12-8-2)70-94-98(86,87)92-66-74(81)67-93-99(88,89)95-71-76(69-91-78(83)63-57-51-47-46-49-55-61-73(6)10-4)97-80(85)65-59-53-45-41-37-36-38-42-48-54-60-72(5)9-3/h72-76,81H,7-71H2,1-6H3,(H,86,87)(H,88,89)/t72?,73?,74-,75-,76-/m1/s1. The van der Waals surface area contributed by atoms with Crippen molar-refractivity contribution in [2.45, 2.75) is 439 Å². The van der Waals surface area contributed by atoms with Crippen molar-refractivity contribution in [1.82, 2.24) is 0 Å². The Bertz CT molecular complexity index is 1910. The molecule has 0 heterocycles. The maximum atomic E-state index is 13.1. The summed E-state index contributed by atoms with van der Waals surface area (Å²) in [5.74, 6) is -0.577. The summed E-state index contributed by atoms with van der Waals surface area (Å²) >= 11 is 0. The van der Waals surface area contributed by atoms with Gasteiger partial charge in [-0.25, -0.2) is 9.13 Å². The summed E-state index contributed by atoms with van der Waals surface area (Å²) in [5.41, 5.74) is 0. The maximum absolute atomic E-state index is 13.1. The molecule has 0 saturated heterocycles. The Balaban J connectivity index is 5.25. The third-order valence-corrected chi connectivity index (χ3v) is 21.3. The average molecular weight is 1450 g/mol. The molecule has 0 radical (unpaired) electrons. The summed E-state index contributed by atoms with van der Waals surface area (Å²) in [4.78, 5) is 73.0. The number of hydrogen-bond acceptors (Lipinski definition) is 15. The molecule has 0 spiro atoms. The van der Waals surface area contributed by atoms with E-state index in [1.807, 2.05) is 0 Å². The van der Waals surface area contributed by atoms with E-state index in [9.17, 15) is 43.2 Å². The van der Waals surface area contributed by atoms with Gasteiger partial charge >= 0.3 is 39.5 Å². The van der Waals surface area contributed by atoms with E-state index < -0.39 is 97.5 Å². The minimum absolute atomic E-state index is 0.106. The molecule has 0 aliphatic carbocycles. The molecule has 0 aliphatic rings. The van der Waals surface area contributed by atoms with Gasteiger partial charge in [0.25, 0.3) is 0 Å². The summed E-state index contributed by atoms with van der Waals surface area (Å²) in [6, 6.07) is 0. The summed E-state index contributed by atoms with van der Waals surface area (Å²) < 4.78 is 68.7. The highest BCUT2D eigenvalue weighted by Crippen LogP contribution is 2.45. The van der Waals surface area contributed by atoms with Gasteiger partial charge in [-0.1, -0.05) is 369 Å². The summed E-state index contributed by atoms with van der Waals surface area (Å²) in [7, 11) is -9.92. The number of phosphoric acid groups is 2. The third kappa shape index (κ3) is 71.5. The second kappa shape index (κ2) is 71.7. The average Bonchev–Trinajstić information content (AvgIpc) is 0.975. The smallest absolute Gasteiger partial charge is 0.462 e. The van der Waals surface area contributed by atoms with E-state index in [1.165, 1.54) is 231 Å². The van der Waals surface area contributed by atoms with Crippen LogP contribution in [0.3, 0.4) is 0 Å². The van der Waals surface area contributed by atoms with Crippen molar-refractivity contribution in [1.29, 1.82) is 0 Å². The van der Waals surface area contributed by atoms with Gasteiger partial charge in [0, 0.05) is 25.7 Å². The molecule has 0 saturated carbocycles. The molecule has 3 N–H and O–H groups in total. The van der Waals surface area contributed by atoms with Crippen LogP contribution in [0.25, 0.3) is 0 Å². The molecule has 0 aliphatic heterocycles. The molecule has 19 heteroatoms. The van der Waals surface area contributed by atoms with E-state index in [2.05, 4.69) is 41.5 Å². The Hall–Kier alpha value is -1.94. The molecule has 7 atom stereocenters. The molecule has 588 valence electrons. The number of hydrogen-bond donors (Lipinski definition) is 3. The molecule has 0 aromatic rings. The van der Waals surface area contributed by atoms with E-state index in [4.69, 9.17) is 37.0 Å². The lowest BCUT2D eigenvalue weighted by atomic mass is 9.99. The summed E-state index contributed by atoms with van der Waals surface area (Å²) in [6.45, 7) is 9.61. The van der Waals surface area contributed by atoms with Gasteiger partial charge in [0.2, 0.25) is 0 Å². The Morgan fingerprint density at radius 3 is 0.717 bits per heavy atom. The SMILES string of the molecule is CCCCCCCCCCCCCCCCCCCCC(=O)O[C@H](COC(=O)CCCCCCCCCCCCCCCCCCC)COP(=O)(O)OC[C@@H](O)COP(=O)(O)OC[C@@H](COC(=O)CCCCCCCCC(C)CC)OC(=O)CCCCCCCCCCCCC(C)CC. The second-order valence-corrected chi connectivity index (χ2v) is 32.2. The zero-order chi connectivity index (χ0) is 72.8. The quantitative estimate of drug-likeness (QED) is 0.0222. The molecule has 0 fully saturated rings. The Kier molecular flexibility index (Phi) is 70.3. The molecular formula is C80H156O17P2. The number of carbonyl (C=O) groups excluding carboxylic acids is 4. The zero-order valence-corrected chi connectivity index (χ0v) is 66.6. The van der Waals surface area contributed by atoms with Crippen LogP contribution in [0.5, 0.6) is 0 Å². The first-order valence-electron chi connectivity index (χ1n) is 41.6. The number of carbonyl (C=O) groups is 4. The van der Waals surface area contributed by atoms with Crippen LogP contribution in [0.4, 0.5) is 0 Å². The first-order chi connectivity index (χ1) is 47.9. The van der Waals surface area contributed by atoms with Crippen LogP contribution < -0.4 is 0 Å². The lowest BCUT2D eigenvalue weighted by Crippen LogP contribution is -2.30. The fourth-order valence-corrected chi connectivity index (χ4v) is 13.9. The summed E-state index contributed by atoms with van der Waals surface area (Å²) in [6.07, 6.45) is 61.0. The van der Waals surface area contributed by atoms with Crippen molar-refractivity contribution in [2.75, 3.05) is 39.6 Å². The Labute approximate surface area is 607 Å². The first-order valence-corrected chi connectivity index (χ1v) is 44.6. The van der Waals surface area contributed by atoms with Crippen molar-refractivity contribution in [3.05, 3.63) is 0 Å². The molecule has 0 aromatic heterocycles. The van der Waals surface area contributed by atoms with Gasteiger partial charge in [0.05, 0.1) is 26.4 Å². The van der Waals surface area contributed by atoms with Crippen molar-refractivity contribution in [2.24, 2.45) is 11.8 Å². The van der Waals surface area contributed by atoms with Gasteiger partial charge in [-0.3, -0.25) is 37.3 Å². The van der Waals surface area contributed by atoms with Gasteiger partial charge in [0.15, 0.2) is 12.2 Å². The number of aliphatic hydroxyl groups is 1. The van der Waals surface area contributed by atoms with Crippen LogP contribution in [0, 0.1) is 11.8 Å². The molecular weight excluding hydrogens is 1290 g/mol. The van der Waals surface area contributed by atoms with Crippen LogP contribution in [0.15, 0.2) is 0 Å². The van der Waals surface area contributed by atoms with Crippen molar-refractivity contribution in [3.8, 4) is 0 Å². The Morgan fingerprint density at radius 1 is 0.283 bits per heavy atom. The van der Waals surface area contributed by atoms with E-state index in [1.54, 1.807) is 0 Å². The van der Waals surface area contributed by atoms with E-state index in [0.717, 1.165) is 108 Å². The van der Waals surface area contributed by atoms with Gasteiger partial charge in [-0.2, -0.15) is 0 Å². The molecule has 99 heavy (non-hydrogen) atoms. The fraction of sp³-hybridized carbons (Fsp3) is 0.950. The highest BCUT2D eigenvalue weighted by Gasteiger charge is 2.30. The number of phosphoric ester groups is 2. The Morgan fingerprint density at radius 2 is 0.485 bits per heavy atom. The second-order valence-electron chi connectivity index (χ2n) is 29.3. The number of esters is 4. The van der Waals surface area contributed by atoms with Crippen LogP contribution in [-0.4, -0.2) is 96.7 Å². The van der Waals surface area contributed by atoms with Crippen LogP contribution >= 0.6 is 15.6 Å². The fourth-order valence-electron chi connectivity index (χ4n) is 12.3. The van der Waals surface area contributed by atoms with Gasteiger partial charge < -0.3 is 33.8 Å². The van der Waals surface area contributed by atoms with Crippen molar-refractivity contribution < 1.29 is 80.2 Å². The largest absolute Gasteiger partial charge is 0.472 e. The molecule has 0 amide bonds. The number of aliphatic hydroxyl groups excluding tert-OH is 1. The topological polar surface area (TPSA) is 237 Å². The van der Waals surface area contributed by atoms with Crippen molar-refractivity contribution >= 4 is 39.5 Å². The first kappa shape index (κ1) is 97.1. The highest BCUT2D eigenvalue weighted by molar-refractivity contribution is 7.47.